The van der Waals surface area contributed by atoms with Gasteiger partial charge >= 0.3 is 0 Å². The maximum absolute atomic E-state index is 12.7. The van der Waals surface area contributed by atoms with E-state index in [1.54, 1.807) is 0 Å². The molecule has 158 valence electrons. The van der Waals surface area contributed by atoms with Crippen LogP contribution in [0.25, 0.3) is 22.3 Å². The van der Waals surface area contributed by atoms with Crippen LogP contribution in [0.15, 0.2) is 33.5 Å². The van der Waals surface area contributed by atoms with E-state index >= 15 is 0 Å². The van der Waals surface area contributed by atoms with Crippen molar-refractivity contribution in [1.29, 1.82) is 0 Å². The number of phenolic OH excluding ortho intramolecular Hbond substituents is 4. The average molecular weight is 415 g/mol. The van der Waals surface area contributed by atoms with E-state index in [9.17, 15) is 30.3 Å². The molecule has 4 rings (SSSR count). The van der Waals surface area contributed by atoms with Crippen LogP contribution in [0, 0.1) is 0 Å². The summed E-state index contributed by atoms with van der Waals surface area (Å²) in [6.07, 6.45) is 1.96. The maximum atomic E-state index is 12.7. The predicted octanol–water partition coefficient (Wildman–Crippen LogP) is 2.26. The molecule has 1 aromatic heterocycles. The fourth-order valence-corrected chi connectivity index (χ4v) is 3.57. The number of benzene rings is 2. The molecule has 6 N–H and O–H groups in total. The third-order valence-electron chi connectivity index (χ3n) is 5.14. The lowest BCUT2D eigenvalue weighted by molar-refractivity contribution is 0.110. The topological polar surface area (TPSA) is 153 Å². The van der Waals surface area contributed by atoms with Crippen molar-refractivity contribution in [3.05, 3.63) is 40.1 Å². The molecule has 2 aromatic carbocycles. The van der Waals surface area contributed by atoms with E-state index < -0.39 is 22.7 Å². The first kappa shape index (κ1) is 19.9. The summed E-state index contributed by atoms with van der Waals surface area (Å²) < 4.78 is 11.3. The molecule has 1 atom stereocenters. The van der Waals surface area contributed by atoms with Crippen molar-refractivity contribution in [2.24, 2.45) is 0 Å². The Morgan fingerprint density at radius 2 is 1.80 bits per heavy atom. The van der Waals surface area contributed by atoms with Gasteiger partial charge in [0.1, 0.15) is 16.9 Å². The molecule has 0 bridgehead atoms. The standard InChI is InChI=1S/C21H21NO8/c23-13-4-3-10(6-15(13)25)20-19(28)18(27)17-16(26)7-14(24)12(21(17)30-20)9-22-8-11-2-1-5-29-11/h3-4,6-7,11,22-26,28H,1-2,5,8-9H2. The van der Waals surface area contributed by atoms with Crippen molar-refractivity contribution in [3.63, 3.8) is 0 Å². The van der Waals surface area contributed by atoms with Crippen LogP contribution in [-0.2, 0) is 11.3 Å². The van der Waals surface area contributed by atoms with E-state index in [1.165, 1.54) is 12.1 Å². The zero-order chi connectivity index (χ0) is 21.4. The van der Waals surface area contributed by atoms with Gasteiger partial charge in [0, 0.05) is 31.3 Å². The highest BCUT2D eigenvalue weighted by molar-refractivity contribution is 5.91. The normalized spacial score (nSPS) is 16.3. The number of ether oxygens (including phenoxy) is 1. The van der Waals surface area contributed by atoms with Gasteiger partial charge in [-0.3, -0.25) is 4.79 Å². The molecule has 1 aliphatic heterocycles. The summed E-state index contributed by atoms with van der Waals surface area (Å²) in [6.45, 7) is 1.36. The zero-order valence-electron chi connectivity index (χ0n) is 15.9. The number of aromatic hydroxyl groups is 5. The van der Waals surface area contributed by atoms with Crippen LogP contribution >= 0.6 is 0 Å². The molecule has 0 radical (unpaired) electrons. The van der Waals surface area contributed by atoms with Crippen LogP contribution in [-0.4, -0.2) is 44.8 Å². The number of fused-ring (bicyclic) bond motifs is 1. The van der Waals surface area contributed by atoms with E-state index in [-0.39, 0.29) is 52.0 Å². The molecule has 9 nitrogen and oxygen atoms in total. The molecule has 0 saturated carbocycles. The van der Waals surface area contributed by atoms with Crippen molar-refractivity contribution in [2.75, 3.05) is 13.2 Å². The molecule has 1 saturated heterocycles. The van der Waals surface area contributed by atoms with Crippen molar-refractivity contribution in [2.45, 2.75) is 25.5 Å². The van der Waals surface area contributed by atoms with E-state index in [0.717, 1.165) is 25.0 Å². The summed E-state index contributed by atoms with van der Waals surface area (Å²) in [7, 11) is 0. The second-order valence-corrected chi connectivity index (χ2v) is 7.18. The fourth-order valence-electron chi connectivity index (χ4n) is 3.57. The van der Waals surface area contributed by atoms with E-state index in [4.69, 9.17) is 9.15 Å². The molecule has 1 fully saturated rings. The van der Waals surface area contributed by atoms with Crippen molar-refractivity contribution in [3.8, 4) is 40.1 Å². The highest BCUT2D eigenvalue weighted by Gasteiger charge is 2.23. The third kappa shape index (κ3) is 3.49. The van der Waals surface area contributed by atoms with E-state index in [0.29, 0.717) is 13.2 Å². The zero-order valence-corrected chi connectivity index (χ0v) is 15.9. The molecule has 0 aliphatic carbocycles. The number of phenols is 4. The molecule has 1 aliphatic rings. The first-order chi connectivity index (χ1) is 14.4. The van der Waals surface area contributed by atoms with E-state index in [1.807, 2.05) is 0 Å². The molecule has 0 spiro atoms. The van der Waals surface area contributed by atoms with Crippen LogP contribution in [0.1, 0.15) is 18.4 Å². The van der Waals surface area contributed by atoms with Gasteiger partial charge in [-0.1, -0.05) is 0 Å². The van der Waals surface area contributed by atoms with Gasteiger partial charge in [-0.15, -0.1) is 0 Å². The lowest BCUT2D eigenvalue weighted by atomic mass is 10.0. The van der Waals surface area contributed by atoms with Crippen LogP contribution in [0.3, 0.4) is 0 Å². The summed E-state index contributed by atoms with van der Waals surface area (Å²) in [5.41, 5.74) is -0.639. The Morgan fingerprint density at radius 3 is 2.50 bits per heavy atom. The number of hydrogen-bond donors (Lipinski definition) is 6. The highest BCUT2D eigenvalue weighted by Crippen LogP contribution is 2.39. The van der Waals surface area contributed by atoms with Gasteiger partial charge in [0.15, 0.2) is 22.8 Å². The number of hydrogen-bond acceptors (Lipinski definition) is 9. The highest BCUT2D eigenvalue weighted by atomic mass is 16.5. The molecular formula is C21H21NO8. The molecule has 2 heterocycles. The minimum atomic E-state index is -0.892. The Labute approximate surface area is 170 Å². The molecule has 30 heavy (non-hydrogen) atoms. The van der Waals surface area contributed by atoms with Gasteiger partial charge in [0.05, 0.1) is 11.7 Å². The second kappa shape index (κ2) is 7.77. The lowest BCUT2D eigenvalue weighted by Crippen LogP contribution is -2.26. The summed E-state index contributed by atoms with van der Waals surface area (Å²) in [4.78, 5) is 12.7. The number of nitrogens with one attached hydrogen (secondary N) is 1. The van der Waals surface area contributed by atoms with Crippen molar-refractivity contribution in [1.82, 2.24) is 5.32 Å². The Hall–Kier alpha value is -3.43. The first-order valence-corrected chi connectivity index (χ1v) is 9.45. The smallest absolute Gasteiger partial charge is 0.238 e. The van der Waals surface area contributed by atoms with Crippen LogP contribution < -0.4 is 10.7 Å². The van der Waals surface area contributed by atoms with Gasteiger partial charge in [-0.25, -0.2) is 0 Å². The summed E-state index contributed by atoms with van der Waals surface area (Å²) in [5, 5.41) is 53.0. The SMILES string of the molecule is O=c1c(O)c(-c2ccc(O)c(O)c2)oc2c(CNCC3CCCO3)c(O)cc(O)c12. The van der Waals surface area contributed by atoms with Crippen LogP contribution in [0.5, 0.6) is 28.7 Å². The summed E-state index contributed by atoms with van der Waals surface area (Å²) in [6, 6.07) is 4.67. The molecule has 3 aromatic rings. The minimum Gasteiger partial charge on any atom is -0.507 e. The van der Waals surface area contributed by atoms with Crippen LogP contribution in [0.2, 0.25) is 0 Å². The summed E-state index contributed by atoms with van der Waals surface area (Å²) in [5.74, 6) is -2.70. The average Bonchev–Trinajstić information content (AvgIpc) is 3.22. The Morgan fingerprint density at radius 1 is 1.00 bits per heavy atom. The van der Waals surface area contributed by atoms with E-state index in [2.05, 4.69) is 5.32 Å². The second-order valence-electron chi connectivity index (χ2n) is 7.18. The van der Waals surface area contributed by atoms with Crippen LogP contribution in [0.4, 0.5) is 0 Å². The minimum absolute atomic E-state index is 0.0575. The van der Waals surface area contributed by atoms with Crippen molar-refractivity contribution >= 4 is 11.0 Å². The molecule has 9 heteroatoms. The molecule has 1 unspecified atom stereocenters. The monoisotopic (exact) mass is 415 g/mol. The predicted molar refractivity (Wildman–Crippen MR) is 107 cm³/mol. The quantitative estimate of drug-likeness (QED) is 0.345. The van der Waals surface area contributed by atoms with Gasteiger partial charge in [0.25, 0.3) is 0 Å². The Bertz CT molecular complexity index is 1160. The Balaban J connectivity index is 1.81. The first-order valence-electron chi connectivity index (χ1n) is 9.45. The number of rotatable bonds is 5. The summed E-state index contributed by atoms with van der Waals surface area (Å²) >= 11 is 0. The molecular weight excluding hydrogens is 394 g/mol. The lowest BCUT2D eigenvalue weighted by Gasteiger charge is -2.14. The third-order valence-corrected chi connectivity index (χ3v) is 5.14. The Kier molecular flexibility index (Phi) is 5.15. The van der Waals surface area contributed by atoms with Gasteiger partial charge in [0.2, 0.25) is 11.2 Å². The van der Waals surface area contributed by atoms with Gasteiger partial charge < -0.3 is 40.0 Å². The van der Waals surface area contributed by atoms with Crippen molar-refractivity contribution < 1.29 is 34.7 Å². The van der Waals surface area contributed by atoms with Gasteiger partial charge in [-0.2, -0.15) is 0 Å². The maximum Gasteiger partial charge on any atom is 0.238 e. The molecule has 0 amide bonds. The fraction of sp³-hybridized carbons (Fsp3) is 0.286. The van der Waals surface area contributed by atoms with Gasteiger partial charge in [-0.05, 0) is 31.0 Å². The largest absolute Gasteiger partial charge is 0.507 e.